The molecule has 0 bridgehead atoms. The molecular weight excluding hydrogens is 329 g/mol. The van der Waals surface area contributed by atoms with Crippen molar-refractivity contribution >= 4 is 28.5 Å². The maximum absolute atomic E-state index is 11.9. The molecule has 0 aromatic heterocycles. The van der Waals surface area contributed by atoms with Crippen LogP contribution >= 0.6 is 22.6 Å². The lowest BCUT2D eigenvalue weighted by molar-refractivity contribution is 0.0206. The second-order valence-corrected chi connectivity index (χ2v) is 5.84. The summed E-state index contributed by atoms with van der Waals surface area (Å²) in [4.78, 5) is 11.9. The van der Waals surface area contributed by atoms with Gasteiger partial charge in [0.05, 0.1) is 5.60 Å². The Morgan fingerprint density at radius 1 is 1.47 bits per heavy atom. The van der Waals surface area contributed by atoms with Gasteiger partial charge in [-0.2, -0.15) is 0 Å². The van der Waals surface area contributed by atoms with E-state index in [9.17, 15) is 4.79 Å². The summed E-state index contributed by atoms with van der Waals surface area (Å²) in [5, 5.41) is 2.93. The standard InChI is InChI=1S/C13H16INO2/c1-13(7-2-8-17-13)9-15-12(16)10-3-5-11(14)6-4-10/h3-6H,2,7-9H2,1H3,(H,15,16). The minimum absolute atomic E-state index is 0.0295. The fourth-order valence-corrected chi connectivity index (χ4v) is 2.31. The number of carbonyl (C=O) groups excluding carboxylic acids is 1. The Hall–Kier alpha value is -0.620. The van der Waals surface area contributed by atoms with Crippen molar-refractivity contribution in [1.29, 1.82) is 0 Å². The van der Waals surface area contributed by atoms with Crippen LogP contribution in [-0.4, -0.2) is 24.7 Å². The number of ether oxygens (including phenoxy) is 1. The van der Waals surface area contributed by atoms with E-state index < -0.39 is 0 Å². The molecule has 0 spiro atoms. The average molecular weight is 345 g/mol. The quantitative estimate of drug-likeness (QED) is 0.856. The molecule has 1 saturated heterocycles. The largest absolute Gasteiger partial charge is 0.373 e. The molecule has 1 aromatic carbocycles. The number of hydrogen-bond donors (Lipinski definition) is 1. The predicted molar refractivity (Wildman–Crippen MR) is 75.1 cm³/mol. The first-order chi connectivity index (χ1) is 8.09. The van der Waals surface area contributed by atoms with Gasteiger partial charge in [-0.3, -0.25) is 4.79 Å². The summed E-state index contributed by atoms with van der Waals surface area (Å²) in [5.41, 5.74) is 0.519. The Morgan fingerprint density at radius 3 is 2.76 bits per heavy atom. The monoisotopic (exact) mass is 345 g/mol. The summed E-state index contributed by atoms with van der Waals surface area (Å²) < 4.78 is 6.76. The van der Waals surface area contributed by atoms with Gasteiger partial charge in [0.15, 0.2) is 0 Å². The lowest BCUT2D eigenvalue weighted by Crippen LogP contribution is -2.40. The van der Waals surface area contributed by atoms with E-state index in [1.54, 1.807) is 0 Å². The number of nitrogens with one attached hydrogen (secondary N) is 1. The molecule has 1 aliphatic rings. The maximum Gasteiger partial charge on any atom is 0.251 e. The summed E-state index contributed by atoms with van der Waals surface area (Å²) in [5.74, 6) is -0.0295. The van der Waals surface area contributed by atoms with Crippen LogP contribution < -0.4 is 5.32 Å². The lowest BCUT2D eigenvalue weighted by atomic mass is 10.0. The van der Waals surface area contributed by atoms with Crippen molar-refractivity contribution in [3.05, 3.63) is 33.4 Å². The van der Waals surface area contributed by atoms with Crippen LogP contribution in [-0.2, 0) is 4.74 Å². The molecule has 2 rings (SSSR count). The lowest BCUT2D eigenvalue weighted by Gasteiger charge is -2.23. The zero-order valence-corrected chi connectivity index (χ0v) is 12.0. The number of hydrogen-bond acceptors (Lipinski definition) is 2. The molecule has 0 saturated carbocycles. The molecule has 1 fully saturated rings. The highest BCUT2D eigenvalue weighted by Crippen LogP contribution is 2.23. The van der Waals surface area contributed by atoms with Crippen LogP contribution in [0.5, 0.6) is 0 Å². The molecule has 1 amide bonds. The van der Waals surface area contributed by atoms with Crippen molar-refractivity contribution in [1.82, 2.24) is 5.32 Å². The van der Waals surface area contributed by atoms with Gasteiger partial charge in [0, 0.05) is 22.3 Å². The van der Waals surface area contributed by atoms with Crippen LogP contribution in [0.25, 0.3) is 0 Å². The van der Waals surface area contributed by atoms with Gasteiger partial charge in [-0.05, 0) is 66.6 Å². The first-order valence-corrected chi connectivity index (χ1v) is 6.85. The normalized spacial score (nSPS) is 23.6. The van der Waals surface area contributed by atoms with Crippen LogP contribution in [0, 0.1) is 3.57 Å². The second kappa shape index (κ2) is 5.35. The third kappa shape index (κ3) is 3.42. The summed E-state index contributed by atoms with van der Waals surface area (Å²) in [6.45, 7) is 3.43. The number of rotatable bonds is 3. The van der Waals surface area contributed by atoms with Gasteiger partial charge in [0.1, 0.15) is 0 Å². The fourth-order valence-electron chi connectivity index (χ4n) is 1.95. The van der Waals surface area contributed by atoms with Gasteiger partial charge < -0.3 is 10.1 Å². The smallest absolute Gasteiger partial charge is 0.251 e. The van der Waals surface area contributed by atoms with Gasteiger partial charge in [0.2, 0.25) is 0 Å². The Labute approximate surface area is 115 Å². The van der Waals surface area contributed by atoms with E-state index in [1.807, 2.05) is 31.2 Å². The van der Waals surface area contributed by atoms with E-state index >= 15 is 0 Å². The van der Waals surface area contributed by atoms with Crippen molar-refractivity contribution in [2.45, 2.75) is 25.4 Å². The number of benzene rings is 1. The van der Waals surface area contributed by atoms with E-state index in [0.29, 0.717) is 12.1 Å². The van der Waals surface area contributed by atoms with Crippen LogP contribution in [0.3, 0.4) is 0 Å². The summed E-state index contributed by atoms with van der Waals surface area (Å²) in [7, 11) is 0. The van der Waals surface area contributed by atoms with Crippen LogP contribution in [0.1, 0.15) is 30.1 Å². The Balaban J connectivity index is 1.91. The van der Waals surface area contributed by atoms with E-state index in [-0.39, 0.29) is 11.5 Å². The molecule has 17 heavy (non-hydrogen) atoms. The third-order valence-electron chi connectivity index (χ3n) is 3.03. The van der Waals surface area contributed by atoms with Crippen LogP contribution in [0.4, 0.5) is 0 Å². The molecule has 4 heteroatoms. The van der Waals surface area contributed by atoms with E-state index in [4.69, 9.17) is 4.74 Å². The van der Waals surface area contributed by atoms with E-state index in [1.165, 1.54) is 0 Å². The minimum atomic E-state index is -0.182. The Kier molecular flexibility index (Phi) is 4.04. The van der Waals surface area contributed by atoms with Gasteiger partial charge in [-0.1, -0.05) is 0 Å². The van der Waals surface area contributed by atoms with Crippen molar-refractivity contribution < 1.29 is 9.53 Å². The molecule has 1 heterocycles. The molecule has 1 unspecified atom stereocenters. The zero-order valence-electron chi connectivity index (χ0n) is 9.83. The Bertz CT molecular complexity index is 396. The summed E-state index contributed by atoms with van der Waals surface area (Å²) >= 11 is 2.22. The summed E-state index contributed by atoms with van der Waals surface area (Å²) in [6, 6.07) is 7.55. The topological polar surface area (TPSA) is 38.3 Å². The van der Waals surface area contributed by atoms with Gasteiger partial charge >= 0.3 is 0 Å². The SMILES string of the molecule is CC1(CNC(=O)c2ccc(I)cc2)CCCO1. The molecule has 92 valence electrons. The molecule has 1 N–H and O–H groups in total. The highest BCUT2D eigenvalue weighted by Gasteiger charge is 2.30. The third-order valence-corrected chi connectivity index (χ3v) is 3.75. The first-order valence-electron chi connectivity index (χ1n) is 5.77. The Morgan fingerprint density at radius 2 is 2.18 bits per heavy atom. The van der Waals surface area contributed by atoms with Gasteiger partial charge in [-0.25, -0.2) is 0 Å². The van der Waals surface area contributed by atoms with Crippen molar-refractivity contribution in [2.75, 3.05) is 13.2 Å². The second-order valence-electron chi connectivity index (χ2n) is 4.59. The van der Waals surface area contributed by atoms with Crippen molar-refractivity contribution in [2.24, 2.45) is 0 Å². The van der Waals surface area contributed by atoms with Crippen molar-refractivity contribution in [3.63, 3.8) is 0 Å². The number of amides is 1. The molecule has 0 aliphatic carbocycles. The van der Waals surface area contributed by atoms with E-state index in [2.05, 4.69) is 27.9 Å². The zero-order chi connectivity index (χ0) is 12.3. The molecule has 3 nitrogen and oxygen atoms in total. The number of halogens is 1. The van der Waals surface area contributed by atoms with E-state index in [0.717, 1.165) is 23.0 Å². The molecule has 1 aliphatic heterocycles. The van der Waals surface area contributed by atoms with Gasteiger partial charge in [0.25, 0.3) is 5.91 Å². The van der Waals surface area contributed by atoms with Crippen LogP contribution in [0.2, 0.25) is 0 Å². The van der Waals surface area contributed by atoms with Gasteiger partial charge in [-0.15, -0.1) is 0 Å². The van der Waals surface area contributed by atoms with Crippen molar-refractivity contribution in [3.8, 4) is 0 Å². The first kappa shape index (κ1) is 12.8. The maximum atomic E-state index is 11.9. The highest BCUT2D eigenvalue weighted by molar-refractivity contribution is 14.1. The summed E-state index contributed by atoms with van der Waals surface area (Å²) in [6.07, 6.45) is 2.09. The molecule has 0 radical (unpaired) electrons. The predicted octanol–water partition coefficient (Wildman–Crippen LogP) is 2.59. The molecule has 1 atom stereocenters. The molecular formula is C13H16INO2. The minimum Gasteiger partial charge on any atom is -0.373 e. The highest BCUT2D eigenvalue weighted by atomic mass is 127. The fraction of sp³-hybridized carbons (Fsp3) is 0.462. The van der Waals surface area contributed by atoms with Crippen LogP contribution in [0.15, 0.2) is 24.3 Å². The molecule has 1 aromatic rings. The average Bonchev–Trinajstić information content (AvgIpc) is 2.75. The number of carbonyl (C=O) groups is 1.